The number of ether oxygens (including phenoxy) is 1. The molecule has 19 heavy (non-hydrogen) atoms. The smallest absolute Gasteiger partial charge is 0.276 e. The molecule has 0 fully saturated rings. The zero-order valence-corrected chi connectivity index (χ0v) is 12.5. The predicted octanol–water partition coefficient (Wildman–Crippen LogP) is 2.02. The van der Waals surface area contributed by atoms with Gasteiger partial charge in [0.1, 0.15) is 5.75 Å². The summed E-state index contributed by atoms with van der Waals surface area (Å²) in [6.45, 7) is 3.71. The van der Waals surface area contributed by atoms with Crippen LogP contribution in [0.2, 0.25) is 0 Å². The molecule has 0 saturated heterocycles. The van der Waals surface area contributed by atoms with Crippen molar-refractivity contribution in [3.8, 4) is 5.75 Å². The van der Waals surface area contributed by atoms with Crippen molar-refractivity contribution in [3.05, 3.63) is 28.7 Å². The molecule has 0 bridgehead atoms. The van der Waals surface area contributed by atoms with Crippen LogP contribution in [-0.2, 0) is 9.59 Å². The van der Waals surface area contributed by atoms with Crippen LogP contribution in [-0.4, -0.2) is 18.4 Å². The van der Waals surface area contributed by atoms with Crippen LogP contribution in [0.3, 0.4) is 0 Å². The van der Waals surface area contributed by atoms with Crippen molar-refractivity contribution in [2.45, 2.75) is 20.3 Å². The molecular weight excluding hydrogens is 312 g/mol. The van der Waals surface area contributed by atoms with Crippen molar-refractivity contribution in [3.63, 3.8) is 0 Å². The lowest BCUT2D eigenvalue weighted by Crippen LogP contribution is -2.44. The van der Waals surface area contributed by atoms with Crippen LogP contribution >= 0.6 is 15.9 Å². The number of rotatable bonds is 5. The van der Waals surface area contributed by atoms with Crippen molar-refractivity contribution in [1.29, 1.82) is 0 Å². The highest BCUT2D eigenvalue weighted by molar-refractivity contribution is 9.10. The van der Waals surface area contributed by atoms with Gasteiger partial charge in [0.2, 0.25) is 5.91 Å². The Morgan fingerprint density at radius 1 is 1.16 bits per heavy atom. The van der Waals surface area contributed by atoms with E-state index in [0.29, 0.717) is 12.2 Å². The standard InChI is InChI=1S/C13H17BrN2O3/c1-9(2)7-12(17)15-16-13(18)8-19-11-5-3-10(14)4-6-11/h3-6,9H,7-8H2,1-2H3,(H,15,17)(H,16,18). The summed E-state index contributed by atoms with van der Waals surface area (Å²) in [5.41, 5.74) is 4.63. The molecule has 1 aromatic rings. The van der Waals surface area contributed by atoms with Gasteiger partial charge >= 0.3 is 0 Å². The highest BCUT2D eigenvalue weighted by Crippen LogP contribution is 2.15. The van der Waals surface area contributed by atoms with E-state index in [1.54, 1.807) is 12.1 Å². The highest BCUT2D eigenvalue weighted by Gasteiger charge is 2.07. The van der Waals surface area contributed by atoms with Gasteiger partial charge in [0.15, 0.2) is 6.61 Å². The summed E-state index contributed by atoms with van der Waals surface area (Å²) >= 11 is 3.30. The van der Waals surface area contributed by atoms with Gasteiger partial charge in [-0.25, -0.2) is 0 Å². The second-order valence-electron chi connectivity index (χ2n) is 4.44. The zero-order chi connectivity index (χ0) is 14.3. The summed E-state index contributed by atoms with van der Waals surface area (Å²) < 4.78 is 6.19. The van der Waals surface area contributed by atoms with E-state index in [4.69, 9.17) is 4.74 Å². The molecule has 2 amide bonds. The van der Waals surface area contributed by atoms with Gasteiger partial charge in [0, 0.05) is 10.9 Å². The molecule has 0 spiro atoms. The van der Waals surface area contributed by atoms with Crippen LogP contribution in [0.25, 0.3) is 0 Å². The SMILES string of the molecule is CC(C)CC(=O)NNC(=O)COc1ccc(Br)cc1. The number of hydrazine groups is 1. The van der Waals surface area contributed by atoms with Gasteiger partial charge in [-0.05, 0) is 30.2 Å². The number of carbonyl (C=O) groups excluding carboxylic acids is 2. The first-order valence-corrected chi connectivity index (χ1v) is 6.72. The monoisotopic (exact) mass is 328 g/mol. The molecule has 0 aliphatic heterocycles. The quantitative estimate of drug-likeness (QED) is 0.812. The third-order valence-corrected chi connectivity index (χ3v) is 2.65. The molecule has 0 atom stereocenters. The summed E-state index contributed by atoms with van der Waals surface area (Å²) in [7, 11) is 0. The topological polar surface area (TPSA) is 67.4 Å². The van der Waals surface area contributed by atoms with E-state index in [0.717, 1.165) is 4.47 Å². The molecule has 0 saturated carbocycles. The van der Waals surface area contributed by atoms with E-state index in [9.17, 15) is 9.59 Å². The lowest BCUT2D eigenvalue weighted by Gasteiger charge is -2.09. The summed E-state index contributed by atoms with van der Waals surface area (Å²) in [6, 6.07) is 7.12. The Kier molecular flexibility index (Phi) is 6.35. The van der Waals surface area contributed by atoms with Gasteiger partial charge in [-0.1, -0.05) is 29.8 Å². The van der Waals surface area contributed by atoms with Crippen molar-refractivity contribution in [1.82, 2.24) is 10.9 Å². The molecule has 0 unspecified atom stereocenters. The molecule has 1 aromatic carbocycles. The molecular formula is C13H17BrN2O3. The fourth-order valence-corrected chi connectivity index (χ4v) is 1.54. The number of amides is 2. The van der Waals surface area contributed by atoms with E-state index in [1.807, 2.05) is 26.0 Å². The van der Waals surface area contributed by atoms with Gasteiger partial charge in [0.25, 0.3) is 5.91 Å². The van der Waals surface area contributed by atoms with Crippen molar-refractivity contribution >= 4 is 27.7 Å². The van der Waals surface area contributed by atoms with Crippen molar-refractivity contribution in [2.24, 2.45) is 5.92 Å². The first-order valence-electron chi connectivity index (χ1n) is 5.93. The fraction of sp³-hybridized carbons (Fsp3) is 0.385. The predicted molar refractivity (Wildman–Crippen MR) is 75.4 cm³/mol. The van der Waals surface area contributed by atoms with Crippen LogP contribution in [0.4, 0.5) is 0 Å². The number of benzene rings is 1. The fourth-order valence-electron chi connectivity index (χ4n) is 1.28. The summed E-state index contributed by atoms with van der Waals surface area (Å²) in [6.07, 6.45) is 0.369. The van der Waals surface area contributed by atoms with Crippen LogP contribution in [0.1, 0.15) is 20.3 Å². The third-order valence-electron chi connectivity index (χ3n) is 2.12. The summed E-state index contributed by atoms with van der Waals surface area (Å²) in [5.74, 6) is 0.217. The molecule has 6 heteroatoms. The van der Waals surface area contributed by atoms with E-state index < -0.39 is 5.91 Å². The van der Waals surface area contributed by atoms with Crippen molar-refractivity contribution in [2.75, 3.05) is 6.61 Å². The van der Waals surface area contributed by atoms with Crippen LogP contribution in [0.5, 0.6) is 5.75 Å². The molecule has 0 heterocycles. The Labute approximate surface area is 120 Å². The third kappa shape index (κ3) is 6.81. The van der Waals surface area contributed by atoms with Gasteiger partial charge in [-0.2, -0.15) is 0 Å². The Balaban J connectivity index is 2.24. The number of hydrogen-bond acceptors (Lipinski definition) is 3. The van der Waals surface area contributed by atoms with Crippen molar-refractivity contribution < 1.29 is 14.3 Å². The average Bonchev–Trinajstić information content (AvgIpc) is 2.35. The lowest BCUT2D eigenvalue weighted by atomic mass is 10.1. The second kappa shape index (κ2) is 7.78. The maximum absolute atomic E-state index is 11.4. The second-order valence-corrected chi connectivity index (χ2v) is 5.35. The Bertz CT molecular complexity index is 432. The molecule has 0 radical (unpaired) electrons. The first-order chi connectivity index (χ1) is 8.97. The normalized spacial score (nSPS) is 10.1. The summed E-state index contributed by atoms with van der Waals surface area (Å²) in [4.78, 5) is 22.7. The first kappa shape index (κ1) is 15.5. The minimum Gasteiger partial charge on any atom is -0.484 e. The van der Waals surface area contributed by atoms with E-state index in [-0.39, 0.29) is 18.4 Å². The van der Waals surface area contributed by atoms with Gasteiger partial charge in [-0.3, -0.25) is 20.4 Å². The minimum absolute atomic E-state index is 0.149. The summed E-state index contributed by atoms with van der Waals surface area (Å²) in [5, 5.41) is 0. The van der Waals surface area contributed by atoms with Gasteiger partial charge < -0.3 is 4.74 Å². The van der Waals surface area contributed by atoms with E-state index >= 15 is 0 Å². The highest BCUT2D eigenvalue weighted by atomic mass is 79.9. The number of halogens is 1. The van der Waals surface area contributed by atoms with Gasteiger partial charge in [0.05, 0.1) is 0 Å². The maximum Gasteiger partial charge on any atom is 0.276 e. The molecule has 1 rings (SSSR count). The maximum atomic E-state index is 11.4. The van der Waals surface area contributed by atoms with Gasteiger partial charge in [-0.15, -0.1) is 0 Å². The molecule has 2 N–H and O–H groups in total. The zero-order valence-electron chi connectivity index (χ0n) is 10.9. The van der Waals surface area contributed by atoms with E-state index in [1.165, 1.54) is 0 Å². The number of carbonyl (C=O) groups is 2. The van der Waals surface area contributed by atoms with Crippen LogP contribution in [0, 0.1) is 5.92 Å². The molecule has 0 aromatic heterocycles. The molecule has 0 aliphatic rings. The lowest BCUT2D eigenvalue weighted by molar-refractivity contribution is -0.130. The molecule has 5 nitrogen and oxygen atoms in total. The average molecular weight is 329 g/mol. The van der Waals surface area contributed by atoms with Crippen LogP contribution < -0.4 is 15.6 Å². The minimum atomic E-state index is -0.403. The van der Waals surface area contributed by atoms with Crippen LogP contribution in [0.15, 0.2) is 28.7 Å². The Hall–Kier alpha value is -1.56. The molecule has 104 valence electrons. The Morgan fingerprint density at radius 2 is 1.74 bits per heavy atom. The number of hydrogen-bond donors (Lipinski definition) is 2. The molecule has 0 aliphatic carbocycles. The van der Waals surface area contributed by atoms with E-state index in [2.05, 4.69) is 26.8 Å². The Morgan fingerprint density at radius 3 is 2.32 bits per heavy atom. The largest absolute Gasteiger partial charge is 0.484 e. The number of nitrogens with one attached hydrogen (secondary N) is 2.